The number of amides is 1. The zero-order valence-electron chi connectivity index (χ0n) is 16.6. The first-order valence-corrected chi connectivity index (χ1v) is 9.93. The predicted molar refractivity (Wildman–Crippen MR) is 119 cm³/mol. The van der Waals surface area contributed by atoms with Gasteiger partial charge in [-0.1, -0.05) is 48.0 Å². The third kappa shape index (κ3) is 3.76. The molecule has 0 bridgehead atoms. The van der Waals surface area contributed by atoms with Crippen molar-refractivity contribution in [3.8, 4) is 11.3 Å². The highest BCUT2D eigenvalue weighted by Gasteiger charge is 2.21. The number of aryl methyl sites for hydroxylation is 2. The van der Waals surface area contributed by atoms with Gasteiger partial charge in [-0.3, -0.25) is 9.48 Å². The number of halogens is 1. The number of hydrogen-bond donors (Lipinski definition) is 1. The summed E-state index contributed by atoms with van der Waals surface area (Å²) < 4.78 is 1.77. The fourth-order valence-corrected chi connectivity index (χ4v) is 3.57. The molecule has 1 aromatic heterocycles. The van der Waals surface area contributed by atoms with Crippen LogP contribution in [0.3, 0.4) is 0 Å². The molecule has 0 saturated carbocycles. The summed E-state index contributed by atoms with van der Waals surface area (Å²) in [4.78, 5) is 13.0. The van der Waals surface area contributed by atoms with Crippen molar-refractivity contribution in [2.24, 2.45) is 0 Å². The molecule has 1 N–H and O–H groups in total. The third-order valence-electron chi connectivity index (χ3n) is 5.24. The van der Waals surface area contributed by atoms with E-state index in [4.69, 9.17) is 16.7 Å². The Kier molecular flexibility index (Phi) is 5.12. The maximum absolute atomic E-state index is 13.0. The van der Waals surface area contributed by atoms with Gasteiger partial charge < -0.3 is 5.32 Å². The first-order valence-electron chi connectivity index (χ1n) is 9.55. The van der Waals surface area contributed by atoms with Crippen molar-refractivity contribution < 1.29 is 4.79 Å². The van der Waals surface area contributed by atoms with E-state index in [9.17, 15) is 4.79 Å². The van der Waals surface area contributed by atoms with Crippen molar-refractivity contribution >= 4 is 34.1 Å². The third-order valence-corrected chi connectivity index (χ3v) is 5.47. The molecule has 1 atom stereocenters. The number of anilines is 1. The highest BCUT2D eigenvalue weighted by atomic mass is 35.5. The minimum absolute atomic E-state index is 0.118. The molecule has 0 radical (unpaired) electrons. The van der Waals surface area contributed by atoms with Gasteiger partial charge in [0.1, 0.15) is 11.7 Å². The van der Waals surface area contributed by atoms with Gasteiger partial charge in [0, 0.05) is 21.7 Å². The smallest absolute Gasteiger partial charge is 0.248 e. The summed E-state index contributed by atoms with van der Waals surface area (Å²) in [5.74, 6) is -0.118. The van der Waals surface area contributed by atoms with Gasteiger partial charge in [0.25, 0.3) is 0 Å². The van der Waals surface area contributed by atoms with Crippen molar-refractivity contribution in [3.63, 3.8) is 0 Å². The van der Waals surface area contributed by atoms with E-state index in [-0.39, 0.29) is 5.91 Å². The summed E-state index contributed by atoms with van der Waals surface area (Å²) in [6.07, 6.45) is 0. The molecule has 4 rings (SSSR count). The van der Waals surface area contributed by atoms with Crippen molar-refractivity contribution in [3.05, 3.63) is 82.9 Å². The van der Waals surface area contributed by atoms with Gasteiger partial charge in [-0.15, -0.1) is 0 Å². The van der Waals surface area contributed by atoms with E-state index in [0.717, 1.165) is 33.4 Å². The van der Waals surface area contributed by atoms with E-state index in [1.165, 1.54) is 5.56 Å². The first kappa shape index (κ1) is 19.2. The number of aromatic nitrogens is 2. The van der Waals surface area contributed by atoms with Crippen LogP contribution in [-0.4, -0.2) is 15.7 Å². The van der Waals surface area contributed by atoms with Crippen LogP contribution < -0.4 is 5.32 Å². The Morgan fingerprint density at radius 3 is 2.48 bits per heavy atom. The average molecular weight is 404 g/mol. The van der Waals surface area contributed by atoms with E-state index in [1.807, 2.05) is 80.6 Å². The normalized spacial score (nSPS) is 12.1. The van der Waals surface area contributed by atoms with Crippen LogP contribution in [0.2, 0.25) is 5.02 Å². The van der Waals surface area contributed by atoms with Gasteiger partial charge in [0.05, 0.1) is 5.52 Å². The van der Waals surface area contributed by atoms with E-state index in [0.29, 0.717) is 5.02 Å². The Bertz CT molecular complexity index is 1200. The Hall–Kier alpha value is -3.11. The molecule has 0 aliphatic heterocycles. The van der Waals surface area contributed by atoms with E-state index >= 15 is 0 Å². The van der Waals surface area contributed by atoms with Crippen LogP contribution in [0.25, 0.3) is 22.2 Å². The predicted octanol–water partition coefficient (Wildman–Crippen LogP) is 6.17. The molecule has 1 unspecified atom stereocenters. The Labute approximate surface area is 175 Å². The lowest BCUT2D eigenvalue weighted by Crippen LogP contribution is -2.24. The Morgan fingerprint density at radius 1 is 1.00 bits per heavy atom. The molecule has 1 amide bonds. The molecule has 146 valence electrons. The zero-order valence-corrected chi connectivity index (χ0v) is 17.4. The molecule has 5 heteroatoms. The average Bonchev–Trinajstić information content (AvgIpc) is 3.09. The number of rotatable bonds is 4. The van der Waals surface area contributed by atoms with Crippen LogP contribution in [0.5, 0.6) is 0 Å². The molecule has 3 aromatic carbocycles. The molecule has 0 saturated heterocycles. The van der Waals surface area contributed by atoms with Crippen molar-refractivity contribution in [2.75, 3.05) is 5.32 Å². The number of nitrogens with one attached hydrogen (secondary N) is 1. The van der Waals surface area contributed by atoms with Crippen molar-refractivity contribution in [1.29, 1.82) is 0 Å². The highest BCUT2D eigenvalue weighted by molar-refractivity contribution is 6.31. The SMILES string of the molecule is Cc1ccc(NC(=O)C(C)n2nc(-c3ccccc3)c3cc(Cl)ccc32)cc1C. The molecule has 1 heterocycles. The van der Waals surface area contributed by atoms with Gasteiger partial charge in [-0.2, -0.15) is 5.10 Å². The summed E-state index contributed by atoms with van der Waals surface area (Å²) >= 11 is 6.25. The summed E-state index contributed by atoms with van der Waals surface area (Å²) in [6.45, 7) is 5.94. The van der Waals surface area contributed by atoms with Crippen LogP contribution in [0.15, 0.2) is 66.7 Å². The van der Waals surface area contributed by atoms with E-state index < -0.39 is 6.04 Å². The van der Waals surface area contributed by atoms with Gasteiger partial charge in [0.2, 0.25) is 5.91 Å². The first-order chi connectivity index (χ1) is 13.9. The molecule has 0 aliphatic carbocycles. The van der Waals surface area contributed by atoms with Crippen molar-refractivity contribution in [2.45, 2.75) is 26.8 Å². The molecular formula is C24H22ClN3O. The number of fused-ring (bicyclic) bond motifs is 1. The lowest BCUT2D eigenvalue weighted by molar-refractivity contribution is -0.118. The number of nitrogens with zero attached hydrogens (tertiary/aromatic N) is 2. The fourth-order valence-electron chi connectivity index (χ4n) is 3.39. The topological polar surface area (TPSA) is 46.9 Å². The van der Waals surface area contributed by atoms with Crippen LogP contribution >= 0.6 is 11.6 Å². The highest BCUT2D eigenvalue weighted by Crippen LogP contribution is 2.32. The quantitative estimate of drug-likeness (QED) is 0.442. The minimum atomic E-state index is -0.488. The van der Waals surface area contributed by atoms with Gasteiger partial charge in [0.15, 0.2) is 0 Å². The summed E-state index contributed by atoms with van der Waals surface area (Å²) in [5.41, 5.74) is 5.79. The molecule has 0 aliphatic rings. The zero-order chi connectivity index (χ0) is 20.5. The monoisotopic (exact) mass is 403 g/mol. The molecule has 4 nitrogen and oxygen atoms in total. The molecule has 0 fully saturated rings. The van der Waals surface area contributed by atoms with Gasteiger partial charge in [-0.05, 0) is 62.2 Å². The number of benzene rings is 3. The number of carbonyl (C=O) groups excluding carboxylic acids is 1. The largest absolute Gasteiger partial charge is 0.324 e. The van der Waals surface area contributed by atoms with Crippen molar-refractivity contribution in [1.82, 2.24) is 9.78 Å². The lowest BCUT2D eigenvalue weighted by Gasteiger charge is -2.15. The summed E-state index contributed by atoms with van der Waals surface area (Å²) in [5, 5.41) is 9.37. The Balaban J connectivity index is 1.73. The second-order valence-corrected chi connectivity index (χ2v) is 7.72. The molecule has 29 heavy (non-hydrogen) atoms. The van der Waals surface area contributed by atoms with E-state index in [2.05, 4.69) is 12.2 Å². The minimum Gasteiger partial charge on any atom is -0.324 e. The Morgan fingerprint density at radius 2 is 1.76 bits per heavy atom. The van der Waals surface area contributed by atoms with Gasteiger partial charge >= 0.3 is 0 Å². The molecule has 0 spiro atoms. The number of hydrogen-bond acceptors (Lipinski definition) is 2. The molecule has 4 aromatic rings. The molecular weight excluding hydrogens is 382 g/mol. The van der Waals surface area contributed by atoms with Crippen LogP contribution in [0.1, 0.15) is 24.1 Å². The summed E-state index contributed by atoms with van der Waals surface area (Å²) in [7, 11) is 0. The maximum Gasteiger partial charge on any atom is 0.248 e. The van der Waals surface area contributed by atoms with Gasteiger partial charge in [-0.25, -0.2) is 0 Å². The maximum atomic E-state index is 13.0. The standard InChI is InChI=1S/C24H22ClN3O/c1-15-9-11-20(13-16(15)2)26-24(29)17(3)28-22-12-10-19(25)14-21(22)23(27-28)18-7-5-4-6-8-18/h4-14,17H,1-3H3,(H,26,29). The lowest BCUT2D eigenvalue weighted by atomic mass is 10.1. The number of carbonyl (C=O) groups is 1. The van der Waals surface area contributed by atoms with Crippen LogP contribution in [-0.2, 0) is 4.79 Å². The second kappa shape index (κ2) is 7.72. The second-order valence-electron chi connectivity index (χ2n) is 7.28. The van der Waals surface area contributed by atoms with E-state index in [1.54, 1.807) is 4.68 Å². The summed E-state index contributed by atoms with van der Waals surface area (Å²) in [6, 6.07) is 21.0. The van der Waals surface area contributed by atoms with Crippen LogP contribution in [0.4, 0.5) is 5.69 Å². The van der Waals surface area contributed by atoms with Crippen LogP contribution in [0, 0.1) is 13.8 Å². The fraction of sp³-hybridized carbons (Fsp3) is 0.167.